The molecule has 0 amide bonds. The van der Waals surface area contributed by atoms with E-state index in [0.717, 1.165) is 0 Å². The van der Waals surface area contributed by atoms with Crippen LogP contribution in [0.3, 0.4) is 0 Å². The fourth-order valence-electron chi connectivity index (χ4n) is 0.256. The van der Waals surface area contributed by atoms with Crippen LogP contribution in [-0.2, 0) is 0 Å². The molecule has 0 aromatic carbocycles. The van der Waals surface area contributed by atoms with Gasteiger partial charge in [-0.2, -0.15) is 0 Å². The van der Waals surface area contributed by atoms with Crippen LogP contribution >= 0.6 is 35.0 Å². The molecule has 1 N–H and O–H groups in total. The Morgan fingerprint density at radius 2 is 2.29 bits per heavy atom. The number of halogens is 2. The summed E-state index contributed by atoms with van der Waals surface area (Å²) in [4.78, 5) is 0.616. The summed E-state index contributed by atoms with van der Waals surface area (Å²) in [5.74, 6) is 0. The van der Waals surface area contributed by atoms with E-state index in [2.05, 4.69) is 5.32 Å². The molecular weight excluding hydrogens is 153 g/mol. The Morgan fingerprint density at radius 3 is 2.43 bits per heavy atom. The number of rotatable bonds is 0. The molecule has 0 aromatic heterocycles. The van der Waals surface area contributed by atoms with Crippen LogP contribution < -0.4 is 5.32 Å². The summed E-state index contributed by atoms with van der Waals surface area (Å²) in [7, 11) is 0. The highest BCUT2D eigenvalue weighted by atomic mass is 35.5. The van der Waals surface area contributed by atoms with E-state index in [0.29, 0.717) is 9.99 Å². The van der Waals surface area contributed by atoms with E-state index < -0.39 is 0 Å². The Morgan fingerprint density at radius 1 is 1.57 bits per heavy atom. The molecule has 0 aromatic rings. The highest BCUT2D eigenvalue weighted by Gasteiger charge is 2.11. The van der Waals surface area contributed by atoms with Crippen molar-refractivity contribution < 1.29 is 0 Å². The molecule has 0 saturated heterocycles. The zero-order valence-corrected chi connectivity index (χ0v) is 5.57. The first-order chi connectivity index (χ1) is 3.29. The molecule has 0 spiro atoms. The molecule has 0 atom stereocenters. The Balaban J connectivity index is 2.42. The lowest BCUT2D eigenvalue weighted by Gasteiger charge is -1.94. The molecule has 1 heterocycles. The van der Waals surface area contributed by atoms with E-state index in [-0.39, 0.29) is 0 Å². The van der Waals surface area contributed by atoms with Crippen molar-refractivity contribution in [2.45, 2.75) is 0 Å². The monoisotopic (exact) mass is 154 g/mol. The summed E-state index contributed by atoms with van der Waals surface area (Å²) in [5.41, 5.74) is 0. The van der Waals surface area contributed by atoms with Crippen molar-refractivity contribution in [3.63, 3.8) is 0 Å². The van der Waals surface area contributed by atoms with Crippen LogP contribution in [0.1, 0.15) is 0 Å². The SMILES string of the molecule is Cl[C]1NC(Cl)=CS1. The van der Waals surface area contributed by atoms with Crippen LogP contribution in [0.5, 0.6) is 0 Å². The third kappa shape index (κ3) is 1.44. The van der Waals surface area contributed by atoms with Gasteiger partial charge < -0.3 is 5.32 Å². The van der Waals surface area contributed by atoms with Gasteiger partial charge in [-0.05, 0) is 0 Å². The Labute approximate surface area is 56.1 Å². The van der Waals surface area contributed by atoms with Crippen LogP contribution in [0.4, 0.5) is 0 Å². The fourth-order valence-corrected chi connectivity index (χ4v) is 1.26. The second kappa shape index (κ2) is 2.16. The van der Waals surface area contributed by atoms with Crippen molar-refractivity contribution >= 4 is 35.0 Å². The fraction of sp³-hybridized carbons (Fsp3) is 0. The maximum absolute atomic E-state index is 5.44. The minimum atomic E-state index is 0.593. The number of hydrogen-bond acceptors (Lipinski definition) is 2. The Bertz CT molecular complexity index is 103. The van der Waals surface area contributed by atoms with E-state index in [9.17, 15) is 0 Å². The van der Waals surface area contributed by atoms with E-state index in [1.165, 1.54) is 11.8 Å². The predicted octanol–water partition coefficient (Wildman–Crippen LogP) is 2.05. The van der Waals surface area contributed by atoms with Crippen molar-refractivity contribution in [3.8, 4) is 0 Å². The summed E-state index contributed by atoms with van der Waals surface area (Å²) in [5, 5.41) is 5.02. The summed E-state index contributed by atoms with van der Waals surface area (Å²) >= 11 is 12.3. The second-order valence-corrected chi connectivity index (χ2v) is 2.87. The quantitative estimate of drug-likeness (QED) is 0.537. The maximum Gasteiger partial charge on any atom is 0.212 e. The molecule has 39 valence electrons. The minimum absolute atomic E-state index is 0.593. The first-order valence-corrected chi connectivity index (χ1v) is 3.24. The molecule has 1 aliphatic heterocycles. The number of thioether (sulfide) groups is 1. The van der Waals surface area contributed by atoms with Crippen molar-refractivity contribution in [1.29, 1.82) is 0 Å². The van der Waals surface area contributed by atoms with Gasteiger partial charge >= 0.3 is 0 Å². The number of nitrogens with one attached hydrogen (secondary N) is 1. The van der Waals surface area contributed by atoms with Gasteiger partial charge in [0.05, 0.1) is 0 Å². The lowest BCUT2D eigenvalue weighted by atomic mass is 11.0. The van der Waals surface area contributed by atoms with E-state index >= 15 is 0 Å². The zero-order valence-electron chi connectivity index (χ0n) is 3.24. The average molecular weight is 155 g/mol. The van der Waals surface area contributed by atoms with E-state index in [1.807, 2.05) is 0 Å². The van der Waals surface area contributed by atoms with Gasteiger partial charge in [-0.3, -0.25) is 0 Å². The largest absolute Gasteiger partial charge is 0.345 e. The van der Waals surface area contributed by atoms with Gasteiger partial charge in [0.1, 0.15) is 5.16 Å². The average Bonchev–Trinajstić information content (AvgIpc) is 1.87. The van der Waals surface area contributed by atoms with Crippen LogP contribution in [-0.4, -0.2) is 0 Å². The highest BCUT2D eigenvalue weighted by molar-refractivity contribution is 8.06. The molecule has 0 bridgehead atoms. The zero-order chi connectivity index (χ0) is 5.28. The van der Waals surface area contributed by atoms with Crippen molar-refractivity contribution in [3.05, 3.63) is 15.4 Å². The summed E-state index contributed by atoms with van der Waals surface area (Å²) in [6.45, 7) is 0. The normalized spacial score (nSPS) is 21.7. The molecule has 7 heavy (non-hydrogen) atoms. The molecule has 0 fully saturated rings. The molecule has 4 heteroatoms. The number of hydrogen-bond donors (Lipinski definition) is 1. The van der Waals surface area contributed by atoms with Gasteiger partial charge in [0.25, 0.3) is 0 Å². The molecule has 0 aliphatic carbocycles. The van der Waals surface area contributed by atoms with Crippen molar-refractivity contribution in [1.82, 2.24) is 5.32 Å². The summed E-state index contributed by atoms with van der Waals surface area (Å²) in [6.07, 6.45) is 0. The first-order valence-electron chi connectivity index (χ1n) is 1.61. The molecule has 0 unspecified atom stereocenters. The third-order valence-corrected chi connectivity index (χ3v) is 1.84. The predicted molar refractivity (Wildman–Crippen MR) is 33.8 cm³/mol. The van der Waals surface area contributed by atoms with Crippen molar-refractivity contribution in [2.75, 3.05) is 0 Å². The van der Waals surface area contributed by atoms with Crippen LogP contribution in [0.2, 0.25) is 0 Å². The lowest BCUT2D eigenvalue weighted by molar-refractivity contribution is 1.12. The molecule has 1 aliphatic rings. The van der Waals surface area contributed by atoms with E-state index in [4.69, 9.17) is 23.2 Å². The van der Waals surface area contributed by atoms with Crippen LogP contribution in [0, 0.1) is 4.83 Å². The summed E-state index contributed by atoms with van der Waals surface area (Å²) < 4.78 is 0. The lowest BCUT2D eigenvalue weighted by Crippen LogP contribution is -2.01. The van der Waals surface area contributed by atoms with Gasteiger partial charge in [-0.1, -0.05) is 35.0 Å². The van der Waals surface area contributed by atoms with Crippen LogP contribution in [0.15, 0.2) is 10.6 Å². The molecule has 1 nitrogen and oxygen atoms in total. The minimum Gasteiger partial charge on any atom is -0.345 e. The second-order valence-electron chi connectivity index (χ2n) is 0.982. The first kappa shape index (κ1) is 5.60. The molecule has 1 radical (unpaired) electrons. The summed E-state index contributed by atoms with van der Waals surface area (Å²) in [6, 6.07) is 0. The van der Waals surface area contributed by atoms with Crippen LogP contribution in [0.25, 0.3) is 0 Å². The van der Waals surface area contributed by atoms with Crippen molar-refractivity contribution in [2.24, 2.45) is 0 Å². The molecule has 1 rings (SSSR count). The highest BCUT2D eigenvalue weighted by Crippen LogP contribution is 2.31. The van der Waals surface area contributed by atoms with Gasteiger partial charge in [-0.15, -0.1) is 0 Å². The van der Waals surface area contributed by atoms with Gasteiger partial charge in [-0.25, -0.2) is 0 Å². The third-order valence-electron chi connectivity index (χ3n) is 0.484. The van der Waals surface area contributed by atoms with E-state index in [1.54, 1.807) is 5.41 Å². The topological polar surface area (TPSA) is 12.0 Å². The Kier molecular flexibility index (Phi) is 1.73. The molecular formula is C3H2Cl2NS. The van der Waals surface area contributed by atoms with Gasteiger partial charge in [0.2, 0.25) is 4.83 Å². The smallest absolute Gasteiger partial charge is 0.212 e. The van der Waals surface area contributed by atoms with Gasteiger partial charge in [0, 0.05) is 5.41 Å². The molecule has 0 saturated carbocycles. The maximum atomic E-state index is 5.44. The Hall–Kier alpha value is 0.470. The standard InChI is InChI=1S/C3H2Cl2NS/c4-2-1-7-3(5)6-2/h1,6H. The van der Waals surface area contributed by atoms with Gasteiger partial charge in [0.15, 0.2) is 0 Å².